The van der Waals surface area contributed by atoms with Crippen molar-refractivity contribution in [1.29, 1.82) is 0 Å². The summed E-state index contributed by atoms with van der Waals surface area (Å²) in [6.07, 6.45) is 44.5. The zero-order chi connectivity index (χ0) is 30.5. The second-order valence-electron chi connectivity index (χ2n) is 13.6. The van der Waals surface area contributed by atoms with Crippen LogP contribution in [0.15, 0.2) is 42.7 Å². The molecule has 2 rings (SSSR count). The predicted octanol–water partition coefficient (Wildman–Crippen LogP) is 13.4. The molecule has 0 saturated carbocycles. The van der Waals surface area contributed by atoms with E-state index in [0.29, 0.717) is 0 Å². The smallest absolute Gasteiger partial charge is 0.230 e. The van der Waals surface area contributed by atoms with Gasteiger partial charge in [0, 0.05) is 0 Å². The summed E-state index contributed by atoms with van der Waals surface area (Å²) in [5.74, 6) is 1.41. The van der Waals surface area contributed by atoms with Gasteiger partial charge < -0.3 is 0 Å². The lowest BCUT2D eigenvalue weighted by Gasteiger charge is -2.07. The van der Waals surface area contributed by atoms with E-state index >= 15 is 0 Å². The van der Waals surface area contributed by atoms with Crippen molar-refractivity contribution >= 4 is 0 Å². The first kappa shape index (κ1) is 37.6. The van der Waals surface area contributed by atoms with Gasteiger partial charge in [-0.05, 0) is 37.8 Å². The van der Waals surface area contributed by atoms with E-state index in [9.17, 15) is 0 Å². The van der Waals surface area contributed by atoms with Crippen LogP contribution in [0.1, 0.15) is 194 Å². The quantitative estimate of drug-likeness (QED) is 0.0607. The fourth-order valence-electron chi connectivity index (χ4n) is 6.70. The molecule has 0 amide bonds. The van der Waals surface area contributed by atoms with Gasteiger partial charge in [-0.2, -0.15) is 0 Å². The molecule has 246 valence electrons. The van der Waals surface area contributed by atoms with Crippen molar-refractivity contribution in [2.45, 2.75) is 207 Å². The molecule has 1 heterocycles. The van der Waals surface area contributed by atoms with Gasteiger partial charge in [0.15, 0.2) is 0 Å². The minimum absolute atomic E-state index is 1.15. The summed E-state index contributed by atoms with van der Waals surface area (Å²) in [5.41, 5.74) is 1.36. The summed E-state index contributed by atoms with van der Waals surface area (Å²) >= 11 is 0. The number of hydrogen-bond donors (Lipinski definition) is 0. The van der Waals surface area contributed by atoms with Gasteiger partial charge in [-0.1, -0.05) is 186 Å². The topological polar surface area (TPSA) is 8.81 Å². The molecule has 1 aromatic carbocycles. The van der Waals surface area contributed by atoms with E-state index in [-0.39, 0.29) is 0 Å². The third-order valence-electron chi connectivity index (χ3n) is 9.51. The Morgan fingerprint density at radius 1 is 0.442 bits per heavy atom. The second-order valence-corrected chi connectivity index (χ2v) is 13.6. The van der Waals surface area contributed by atoms with Gasteiger partial charge in [-0.15, -0.1) is 0 Å². The fourth-order valence-corrected chi connectivity index (χ4v) is 6.70. The lowest BCUT2D eigenvalue weighted by Crippen LogP contribution is -2.34. The molecule has 0 radical (unpaired) electrons. The number of nitrogens with zero attached hydrogens (tertiary/aromatic N) is 2. The van der Waals surface area contributed by atoms with E-state index in [2.05, 4.69) is 65.7 Å². The maximum absolute atomic E-state index is 2.53. The van der Waals surface area contributed by atoms with Gasteiger partial charge >= 0.3 is 0 Å². The van der Waals surface area contributed by atoms with Crippen molar-refractivity contribution in [3.8, 4) is 11.4 Å². The summed E-state index contributed by atoms with van der Waals surface area (Å²) < 4.78 is 5.05. The van der Waals surface area contributed by atoms with Gasteiger partial charge in [0.25, 0.3) is 5.82 Å². The first-order valence-electron chi connectivity index (χ1n) is 19.5. The monoisotopic (exact) mass is 594 g/mol. The number of aryl methyl sites for hydroxylation is 2. The SMILES string of the molecule is CCCCCCCCCCCCCCCCn1cc[n+](CCCCCCCCCCCCCCCC)c1-c1ccccc1. The Kier molecular flexibility index (Phi) is 24.4. The molecule has 2 heteroatoms. The van der Waals surface area contributed by atoms with Gasteiger partial charge in [0.2, 0.25) is 0 Å². The van der Waals surface area contributed by atoms with Crippen molar-refractivity contribution in [3.63, 3.8) is 0 Å². The Balaban J connectivity index is 1.55. The van der Waals surface area contributed by atoms with Crippen molar-refractivity contribution < 1.29 is 4.57 Å². The summed E-state index contributed by atoms with van der Waals surface area (Å²) in [7, 11) is 0. The fraction of sp³-hybridized carbons (Fsp3) is 0.780. The zero-order valence-corrected chi connectivity index (χ0v) is 29.1. The highest BCUT2D eigenvalue weighted by Crippen LogP contribution is 2.19. The average Bonchev–Trinajstić information content (AvgIpc) is 3.44. The third-order valence-corrected chi connectivity index (χ3v) is 9.51. The van der Waals surface area contributed by atoms with Crippen LogP contribution < -0.4 is 4.57 Å². The molecule has 0 aliphatic heterocycles. The van der Waals surface area contributed by atoms with Gasteiger partial charge in [0.05, 0.1) is 18.7 Å². The highest BCUT2D eigenvalue weighted by molar-refractivity contribution is 5.52. The molecule has 0 fully saturated rings. The number of unbranched alkanes of at least 4 members (excludes halogenated alkanes) is 26. The second kappa shape index (κ2) is 27.9. The Morgan fingerprint density at radius 3 is 1.23 bits per heavy atom. The van der Waals surface area contributed by atoms with E-state index in [1.54, 1.807) is 0 Å². The maximum atomic E-state index is 2.53. The molecule has 2 aromatic rings. The average molecular weight is 594 g/mol. The summed E-state index contributed by atoms with van der Waals surface area (Å²) in [5, 5.41) is 0. The van der Waals surface area contributed by atoms with Gasteiger partial charge in [0.1, 0.15) is 12.4 Å². The molecule has 0 bridgehead atoms. The summed E-state index contributed by atoms with van der Waals surface area (Å²) in [4.78, 5) is 0. The molecule has 0 atom stereocenters. The first-order chi connectivity index (χ1) is 21.4. The van der Waals surface area contributed by atoms with Crippen LogP contribution in [0.5, 0.6) is 0 Å². The van der Waals surface area contributed by atoms with Crippen LogP contribution in [0.3, 0.4) is 0 Å². The summed E-state index contributed by atoms with van der Waals surface area (Å²) in [6.45, 7) is 6.90. The zero-order valence-electron chi connectivity index (χ0n) is 29.1. The van der Waals surface area contributed by atoms with E-state index in [0.717, 1.165) is 13.1 Å². The molecular weight excluding hydrogens is 520 g/mol. The molecule has 1 aromatic heterocycles. The standard InChI is InChI=1S/C41H73N2/c1-3-5-7-9-11-13-15-17-19-21-23-25-27-32-36-42-38-39-43(41(42)40-34-30-29-31-35-40)37-33-28-26-24-22-20-18-16-14-12-10-8-6-4-2/h29-31,34-35,38-39H,3-28,32-33,36-37H2,1-2H3/q+1. The van der Waals surface area contributed by atoms with Crippen LogP contribution in [-0.2, 0) is 13.1 Å². The molecule has 0 aliphatic carbocycles. The van der Waals surface area contributed by atoms with Crippen LogP contribution in [0, 0.1) is 0 Å². The molecule has 43 heavy (non-hydrogen) atoms. The molecule has 0 N–H and O–H groups in total. The number of aromatic nitrogens is 2. The number of hydrogen-bond acceptors (Lipinski definition) is 0. The van der Waals surface area contributed by atoms with Crippen LogP contribution in [0.2, 0.25) is 0 Å². The molecule has 0 spiro atoms. The van der Waals surface area contributed by atoms with E-state index < -0.39 is 0 Å². The van der Waals surface area contributed by atoms with E-state index in [1.165, 1.54) is 191 Å². The minimum atomic E-state index is 1.15. The minimum Gasteiger partial charge on any atom is -0.230 e. The molecule has 0 aliphatic rings. The lowest BCUT2D eigenvalue weighted by atomic mass is 10.0. The molecule has 0 unspecified atom stereocenters. The number of rotatable bonds is 31. The van der Waals surface area contributed by atoms with Crippen LogP contribution in [0.4, 0.5) is 0 Å². The first-order valence-corrected chi connectivity index (χ1v) is 19.5. The Hall–Kier alpha value is -1.57. The molecule has 0 saturated heterocycles. The van der Waals surface area contributed by atoms with E-state index in [1.807, 2.05) is 0 Å². The van der Waals surface area contributed by atoms with Crippen molar-refractivity contribution in [2.24, 2.45) is 0 Å². The number of benzene rings is 1. The normalized spacial score (nSPS) is 11.5. The Morgan fingerprint density at radius 2 is 0.814 bits per heavy atom. The lowest BCUT2D eigenvalue weighted by molar-refractivity contribution is -0.686. The number of imidazole rings is 1. The highest BCUT2D eigenvalue weighted by Gasteiger charge is 2.18. The largest absolute Gasteiger partial charge is 0.288 e. The Labute approximate surface area is 269 Å². The van der Waals surface area contributed by atoms with E-state index in [4.69, 9.17) is 0 Å². The third kappa shape index (κ3) is 19.4. The van der Waals surface area contributed by atoms with Crippen molar-refractivity contribution in [2.75, 3.05) is 0 Å². The van der Waals surface area contributed by atoms with Crippen LogP contribution in [0.25, 0.3) is 11.4 Å². The van der Waals surface area contributed by atoms with Crippen LogP contribution in [-0.4, -0.2) is 4.57 Å². The molecular formula is C41H73N2+. The van der Waals surface area contributed by atoms with Gasteiger partial charge in [-0.3, -0.25) is 0 Å². The van der Waals surface area contributed by atoms with Gasteiger partial charge in [-0.25, -0.2) is 9.13 Å². The summed E-state index contributed by atoms with van der Waals surface area (Å²) in [6, 6.07) is 11.1. The predicted molar refractivity (Wildman–Crippen MR) is 191 cm³/mol. The van der Waals surface area contributed by atoms with Crippen LogP contribution >= 0.6 is 0 Å². The maximum Gasteiger partial charge on any atom is 0.288 e. The Bertz CT molecular complexity index is 789. The highest BCUT2D eigenvalue weighted by atomic mass is 15.1. The molecule has 2 nitrogen and oxygen atoms in total. The van der Waals surface area contributed by atoms with Crippen molar-refractivity contribution in [1.82, 2.24) is 4.57 Å². The van der Waals surface area contributed by atoms with Crippen molar-refractivity contribution in [3.05, 3.63) is 42.7 Å².